The maximum atomic E-state index is 12.9. The van der Waals surface area contributed by atoms with Crippen LogP contribution >= 0.6 is 0 Å². The molecule has 0 aliphatic heterocycles. The van der Waals surface area contributed by atoms with Crippen molar-refractivity contribution in [2.45, 2.75) is 6.18 Å². The smallest absolute Gasteiger partial charge is 0.396 e. The molecule has 0 saturated carbocycles. The minimum atomic E-state index is -4.91. The van der Waals surface area contributed by atoms with E-state index in [4.69, 9.17) is 11.0 Å². The molecule has 2 nitrogen and oxygen atoms in total. The second-order valence-electron chi connectivity index (χ2n) is 2.50. The zero-order chi connectivity index (χ0) is 10.9. The van der Waals surface area contributed by atoms with Crippen LogP contribution in [0.2, 0.25) is 0 Å². The van der Waals surface area contributed by atoms with Gasteiger partial charge in [-0.1, -0.05) is 0 Å². The maximum Gasteiger partial charge on any atom is 0.420 e. The van der Waals surface area contributed by atoms with Crippen molar-refractivity contribution in [1.82, 2.24) is 0 Å². The second-order valence-corrected chi connectivity index (χ2v) is 2.50. The number of nitrogens with zero attached hydrogens (tertiary/aromatic N) is 1. The minimum absolute atomic E-state index is 0.628. The summed E-state index contributed by atoms with van der Waals surface area (Å²) in [6.07, 6.45) is -4.91. The van der Waals surface area contributed by atoms with Crippen LogP contribution in [0, 0.1) is 17.1 Å². The molecule has 74 valence electrons. The summed E-state index contributed by atoms with van der Waals surface area (Å²) in [4.78, 5) is 0. The Hall–Kier alpha value is -1.77. The zero-order valence-corrected chi connectivity index (χ0v) is 6.69. The van der Waals surface area contributed by atoms with Crippen molar-refractivity contribution in [2.24, 2.45) is 0 Å². The van der Waals surface area contributed by atoms with E-state index in [0.717, 1.165) is 12.1 Å². The monoisotopic (exact) mass is 204 g/mol. The van der Waals surface area contributed by atoms with Crippen LogP contribution in [0.3, 0.4) is 0 Å². The predicted octanol–water partition coefficient (Wildman–Crippen LogP) is 2.30. The van der Waals surface area contributed by atoms with Gasteiger partial charge in [-0.25, -0.2) is 4.39 Å². The summed E-state index contributed by atoms with van der Waals surface area (Å²) >= 11 is 0. The van der Waals surface area contributed by atoms with Gasteiger partial charge in [-0.15, -0.1) is 0 Å². The Labute approximate surface area is 76.6 Å². The first-order valence-corrected chi connectivity index (χ1v) is 3.43. The molecule has 0 aliphatic rings. The number of nitrogen functional groups attached to an aromatic ring is 1. The Morgan fingerprint density at radius 1 is 1.29 bits per heavy atom. The van der Waals surface area contributed by atoms with Crippen LogP contribution in [0.1, 0.15) is 11.1 Å². The topological polar surface area (TPSA) is 49.8 Å². The zero-order valence-electron chi connectivity index (χ0n) is 6.69. The highest BCUT2D eigenvalue weighted by Gasteiger charge is 2.37. The fourth-order valence-electron chi connectivity index (χ4n) is 0.962. The number of benzene rings is 1. The molecule has 0 heterocycles. The van der Waals surface area contributed by atoms with E-state index >= 15 is 0 Å². The SMILES string of the molecule is N#Cc1ccc(N)c(F)c1C(F)(F)F. The van der Waals surface area contributed by atoms with Crippen molar-refractivity contribution >= 4 is 5.69 Å². The Kier molecular flexibility index (Phi) is 2.34. The van der Waals surface area contributed by atoms with E-state index in [1.54, 1.807) is 0 Å². The lowest BCUT2D eigenvalue weighted by molar-refractivity contribution is -0.140. The Balaban J connectivity index is 3.54. The summed E-state index contributed by atoms with van der Waals surface area (Å²) in [5.74, 6) is -1.60. The molecule has 14 heavy (non-hydrogen) atoms. The molecule has 1 aromatic carbocycles. The standard InChI is InChI=1S/C8H4F4N2/c9-7-5(14)2-1-4(3-13)6(7)8(10,11)12/h1-2H,14H2. The highest BCUT2D eigenvalue weighted by atomic mass is 19.4. The molecule has 1 rings (SSSR count). The molecular weight excluding hydrogens is 200 g/mol. The third-order valence-corrected chi connectivity index (χ3v) is 1.58. The third kappa shape index (κ3) is 1.62. The number of nitriles is 1. The number of nitrogens with two attached hydrogens (primary N) is 1. The molecule has 0 bridgehead atoms. The van der Waals surface area contributed by atoms with Gasteiger partial charge in [0.25, 0.3) is 0 Å². The van der Waals surface area contributed by atoms with Crippen LogP contribution in [0.15, 0.2) is 12.1 Å². The summed E-state index contributed by atoms with van der Waals surface area (Å²) in [7, 11) is 0. The van der Waals surface area contributed by atoms with Gasteiger partial charge < -0.3 is 5.73 Å². The molecular formula is C8H4F4N2. The van der Waals surface area contributed by atoms with Crippen LogP contribution in [-0.2, 0) is 6.18 Å². The van der Waals surface area contributed by atoms with E-state index in [-0.39, 0.29) is 0 Å². The summed E-state index contributed by atoms with van der Waals surface area (Å²) in [6.45, 7) is 0. The first-order chi connectivity index (χ1) is 6.38. The average molecular weight is 204 g/mol. The molecule has 0 spiro atoms. The molecule has 0 aliphatic carbocycles. The minimum Gasteiger partial charge on any atom is -0.396 e. The number of hydrogen-bond acceptors (Lipinski definition) is 2. The summed E-state index contributed by atoms with van der Waals surface area (Å²) in [5.41, 5.74) is 1.94. The van der Waals surface area contributed by atoms with Crippen LogP contribution in [0.5, 0.6) is 0 Å². The van der Waals surface area contributed by atoms with E-state index in [2.05, 4.69) is 0 Å². The molecule has 0 fully saturated rings. The van der Waals surface area contributed by atoms with Crippen molar-refractivity contribution in [2.75, 3.05) is 5.73 Å². The molecule has 0 radical (unpaired) electrons. The molecule has 0 amide bonds. The quantitative estimate of drug-likeness (QED) is 0.520. The molecule has 0 atom stereocenters. The lowest BCUT2D eigenvalue weighted by atomic mass is 10.1. The molecule has 0 saturated heterocycles. The number of hydrogen-bond donors (Lipinski definition) is 1. The summed E-state index contributed by atoms with van der Waals surface area (Å²) < 4.78 is 49.6. The van der Waals surface area contributed by atoms with E-state index < -0.39 is 28.8 Å². The van der Waals surface area contributed by atoms with E-state index in [1.807, 2.05) is 0 Å². The normalized spacial score (nSPS) is 11.1. The molecule has 0 aromatic heterocycles. The van der Waals surface area contributed by atoms with Gasteiger partial charge in [-0.3, -0.25) is 0 Å². The maximum absolute atomic E-state index is 12.9. The van der Waals surface area contributed by atoms with Gasteiger partial charge in [0.1, 0.15) is 5.56 Å². The highest BCUT2D eigenvalue weighted by Crippen LogP contribution is 2.35. The van der Waals surface area contributed by atoms with Crippen LogP contribution in [0.4, 0.5) is 23.2 Å². The third-order valence-electron chi connectivity index (χ3n) is 1.58. The van der Waals surface area contributed by atoms with Crippen LogP contribution in [0.25, 0.3) is 0 Å². The lowest BCUT2D eigenvalue weighted by Crippen LogP contribution is -2.12. The van der Waals surface area contributed by atoms with Crippen molar-refractivity contribution < 1.29 is 17.6 Å². The van der Waals surface area contributed by atoms with E-state index in [0.29, 0.717) is 0 Å². The van der Waals surface area contributed by atoms with Crippen molar-refractivity contribution in [3.05, 3.63) is 29.1 Å². The van der Waals surface area contributed by atoms with Gasteiger partial charge in [0.05, 0.1) is 17.3 Å². The Bertz CT molecular complexity index is 403. The number of rotatable bonds is 0. The summed E-state index contributed by atoms with van der Waals surface area (Å²) in [5, 5.41) is 8.34. The van der Waals surface area contributed by atoms with Crippen molar-refractivity contribution in [3.8, 4) is 6.07 Å². The molecule has 0 unspecified atom stereocenters. The van der Waals surface area contributed by atoms with Crippen molar-refractivity contribution in [3.63, 3.8) is 0 Å². The van der Waals surface area contributed by atoms with Gasteiger partial charge >= 0.3 is 6.18 Å². The predicted molar refractivity (Wildman–Crippen MR) is 40.5 cm³/mol. The molecule has 1 aromatic rings. The first kappa shape index (κ1) is 10.3. The van der Waals surface area contributed by atoms with Gasteiger partial charge in [-0.05, 0) is 12.1 Å². The van der Waals surface area contributed by atoms with Crippen LogP contribution in [-0.4, -0.2) is 0 Å². The second kappa shape index (κ2) is 3.18. The fraction of sp³-hybridized carbons (Fsp3) is 0.125. The van der Waals surface area contributed by atoms with Crippen molar-refractivity contribution in [1.29, 1.82) is 5.26 Å². The Morgan fingerprint density at radius 3 is 2.29 bits per heavy atom. The number of halogens is 4. The Morgan fingerprint density at radius 2 is 1.86 bits per heavy atom. The van der Waals surface area contributed by atoms with Crippen LogP contribution < -0.4 is 5.73 Å². The average Bonchev–Trinajstić information content (AvgIpc) is 2.07. The van der Waals surface area contributed by atoms with Gasteiger partial charge in [-0.2, -0.15) is 18.4 Å². The van der Waals surface area contributed by atoms with Gasteiger partial charge in [0.15, 0.2) is 5.82 Å². The van der Waals surface area contributed by atoms with Gasteiger partial charge in [0, 0.05) is 0 Å². The lowest BCUT2D eigenvalue weighted by Gasteiger charge is -2.10. The fourth-order valence-corrected chi connectivity index (χ4v) is 0.962. The number of alkyl halides is 3. The molecule has 2 N–H and O–H groups in total. The van der Waals surface area contributed by atoms with Gasteiger partial charge in [0.2, 0.25) is 0 Å². The first-order valence-electron chi connectivity index (χ1n) is 3.43. The molecule has 6 heteroatoms. The van der Waals surface area contributed by atoms with E-state index in [1.165, 1.54) is 6.07 Å². The number of anilines is 1. The highest BCUT2D eigenvalue weighted by molar-refractivity contribution is 5.51. The summed E-state index contributed by atoms with van der Waals surface area (Å²) in [6, 6.07) is 3.01. The largest absolute Gasteiger partial charge is 0.420 e. The van der Waals surface area contributed by atoms with E-state index in [9.17, 15) is 17.6 Å².